The lowest BCUT2D eigenvalue weighted by Crippen LogP contribution is -2.38. The number of carbonyl (C=O) groups is 1. The zero-order valence-corrected chi connectivity index (χ0v) is 7.51. The largest absolute Gasteiger partial charge is 0.326 e. The van der Waals surface area contributed by atoms with E-state index >= 15 is 0 Å². The van der Waals surface area contributed by atoms with Gasteiger partial charge in [0.15, 0.2) is 0 Å². The minimum atomic E-state index is -0.231. The van der Waals surface area contributed by atoms with Crippen molar-refractivity contribution in [3.8, 4) is 6.07 Å². The van der Waals surface area contributed by atoms with Crippen molar-refractivity contribution >= 4 is 18.3 Å². The molecule has 1 aliphatic rings. The van der Waals surface area contributed by atoms with Gasteiger partial charge in [0, 0.05) is 6.54 Å². The Balaban J connectivity index is 0.00000121. The lowest BCUT2D eigenvalue weighted by molar-refractivity contribution is -0.129. The van der Waals surface area contributed by atoms with E-state index in [1.165, 1.54) is 0 Å². The summed E-state index contributed by atoms with van der Waals surface area (Å²) >= 11 is 0. The van der Waals surface area contributed by atoms with Crippen molar-refractivity contribution in [1.82, 2.24) is 4.90 Å². The van der Waals surface area contributed by atoms with Crippen LogP contribution in [0.2, 0.25) is 0 Å². The SMILES string of the molecule is Cl.N#CC1CCCN1C(=O)CN. The van der Waals surface area contributed by atoms with E-state index in [4.69, 9.17) is 11.0 Å². The van der Waals surface area contributed by atoms with Crippen molar-refractivity contribution in [3.63, 3.8) is 0 Å². The molecule has 0 radical (unpaired) electrons. The Hall–Kier alpha value is -0.790. The van der Waals surface area contributed by atoms with E-state index in [-0.39, 0.29) is 30.9 Å². The highest BCUT2D eigenvalue weighted by atomic mass is 35.5. The third kappa shape index (κ3) is 2.10. The first-order valence-corrected chi connectivity index (χ1v) is 3.68. The van der Waals surface area contributed by atoms with Crippen LogP contribution in [-0.4, -0.2) is 29.9 Å². The van der Waals surface area contributed by atoms with E-state index in [2.05, 4.69) is 6.07 Å². The maximum Gasteiger partial charge on any atom is 0.237 e. The van der Waals surface area contributed by atoms with Crippen LogP contribution in [0.4, 0.5) is 0 Å². The molecule has 0 aliphatic carbocycles. The molecule has 0 spiro atoms. The fourth-order valence-electron chi connectivity index (χ4n) is 1.32. The summed E-state index contributed by atoms with van der Waals surface area (Å²) in [5.74, 6) is -0.117. The first-order valence-electron chi connectivity index (χ1n) is 3.68. The number of nitrogens with zero attached hydrogens (tertiary/aromatic N) is 2. The van der Waals surface area contributed by atoms with Gasteiger partial charge in [-0.2, -0.15) is 5.26 Å². The van der Waals surface area contributed by atoms with Gasteiger partial charge in [-0.05, 0) is 12.8 Å². The Morgan fingerprint density at radius 1 is 1.75 bits per heavy atom. The van der Waals surface area contributed by atoms with Gasteiger partial charge < -0.3 is 10.6 Å². The monoisotopic (exact) mass is 189 g/mol. The molecule has 1 heterocycles. The van der Waals surface area contributed by atoms with Crippen molar-refractivity contribution < 1.29 is 4.79 Å². The number of nitrogens with two attached hydrogens (primary N) is 1. The van der Waals surface area contributed by atoms with Crippen LogP contribution < -0.4 is 5.73 Å². The Morgan fingerprint density at radius 2 is 2.42 bits per heavy atom. The first kappa shape index (κ1) is 11.2. The number of likely N-dealkylation sites (tertiary alicyclic amines) is 1. The van der Waals surface area contributed by atoms with Crippen LogP contribution in [0.15, 0.2) is 0 Å². The Kier molecular flexibility index (Phi) is 4.64. The third-order valence-corrected chi connectivity index (χ3v) is 1.90. The summed E-state index contributed by atoms with van der Waals surface area (Å²) < 4.78 is 0. The zero-order chi connectivity index (χ0) is 8.27. The molecule has 0 aromatic rings. The molecule has 68 valence electrons. The van der Waals surface area contributed by atoms with E-state index < -0.39 is 0 Å². The summed E-state index contributed by atoms with van der Waals surface area (Å²) in [6.07, 6.45) is 1.71. The van der Waals surface area contributed by atoms with Gasteiger partial charge in [0.2, 0.25) is 5.91 Å². The maximum absolute atomic E-state index is 11.0. The average molecular weight is 190 g/mol. The smallest absolute Gasteiger partial charge is 0.237 e. The maximum atomic E-state index is 11.0. The first-order chi connectivity index (χ1) is 5.29. The molecule has 1 fully saturated rings. The second-order valence-corrected chi connectivity index (χ2v) is 2.58. The standard InChI is InChI=1S/C7H11N3O.ClH/c8-4-6-2-1-3-10(6)7(11)5-9;/h6H,1-3,5,9H2;1H. The highest BCUT2D eigenvalue weighted by molar-refractivity contribution is 5.85. The van der Waals surface area contributed by atoms with Crippen LogP contribution in [0.25, 0.3) is 0 Å². The molecule has 1 atom stereocenters. The predicted octanol–water partition coefficient (Wildman–Crippen LogP) is -0.119. The van der Waals surface area contributed by atoms with Gasteiger partial charge in [-0.3, -0.25) is 4.79 Å². The number of hydrogen-bond donors (Lipinski definition) is 1. The molecular formula is C7H12ClN3O. The molecule has 0 saturated carbocycles. The molecule has 0 aromatic carbocycles. The van der Waals surface area contributed by atoms with Crippen LogP contribution >= 0.6 is 12.4 Å². The van der Waals surface area contributed by atoms with Crippen LogP contribution in [0.1, 0.15) is 12.8 Å². The zero-order valence-electron chi connectivity index (χ0n) is 6.69. The van der Waals surface area contributed by atoms with Gasteiger partial charge in [0.25, 0.3) is 0 Å². The highest BCUT2D eigenvalue weighted by Gasteiger charge is 2.27. The Bertz CT molecular complexity index is 201. The van der Waals surface area contributed by atoms with Crippen molar-refractivity contribution in [2.45, 2.75) is 18.9 Å². The average Bonchev–Trinajstić information content (AvgIpc) is 2.50. The molecule has 1 rings (SSSR count). The Labute approximate surface area is 77.7 Å². The predicted molar refractivity (Wildman–Crippen MR) is 46.7 cm³/mol. The van der Waals surface area contributed by atoms with Crippen molar-refractivity contribution in [1.29, 1.82) is 5.26 Å². The molecule has 0 bridgehead atoms. The lowest BCUT2D eigenvalue weighted by Gasteiger charge is -2.17. The molecule has 4 nitrogen and oxygen atoms in total. The van der Waals surface area contributed by atoms with Crippen molar-refractivity contribution in [2.24, 2.45) is 5.73 Å². The summed E-state index contributed by atoms with van der Waals surface area (Å²) in [7, 11) is 0. The highest BCUT2D eigenvalue weighted by Crippen LogP contribution is 2.15. The molecule has 2 N–H and O–H groups in total. The second-order valence-electron chi connectivity index (χ2n) is 2.58. The summed E-state index contributed by atoms with van der Waals surface area (Å²) in [6.45, 7) is 0.701. The van der Waals surface area contributed by atoms with E-state index in [0.29, 0.717) is 6.54 Å². The van der Waals surface area contributed by atoms with Crippen molar-refractivity contribution in [2.75, 3.05) is 13.1 Å². The van der Waals surface area contributed by atoms with E-state index in [1.54, 1.807) is 4.90 Å². The molecular weight excluding hydrogens is 178 g/mol. The number of halogens is 1. The topological polar surface area (TPSA) is 70.1 Å². The summed E-state index contributed by atoms with van der Waals surface area (Å²) in [6, 6.07) is 1.85. The quantitative estimate of drug-likeness (QED) is 0.626. The fourth-order valence-corrected chi connectivity index (χ4v) is 1.32. The fraction of sp³-hybridized carbons (Fsp3) is 0.714. The molecule has 1 aliphatic heterocycles. The van der Waals surface area contributed by atoms with Gasteiger partial charge >= 0.3 is 0 Å². The number of hydrogen-bond acceptors (Lipinski definition) is 3. The lowest BCUT2D eigenvalue weighted by atomic mass is 10.2. The van der Waals surface area contributed by atoms with E-state index in [0.717, 1.165) is 12.8 Å². The molecule has 0 aromatic heterocycles. The van der Waals surface area contributed by atoms with E-state index in [1.807, 2.05) is 0 Å². The van der Waals surface area contributed by atoms with E-state index in [9.17, 15) is 4.79 Å². The van der Waals surface area contributed by atoms with Gasteiger partial charge in [-0.1, -0.05) is 0 Å². The molecule has 5 heteroatoms. The number of rotatable bonds is 1. The van der Waals surface area contributed by atoms with Gasteiger partial charge in [-0.25, -0.2) is 0 Å². The summed E-state index contributed by atoms with van der Waals surface area (Å²) in [5, 5.41) is 8.60. The number of carbonyl (C=O) groups excluding carboxylic acids is 1. The molecule has 1 amide bonds. The molecule has 1 saturated heterocycles. The van der Waals surface area contributed by atoms with Crippen LogP contribution in [0.3, 0.4) is 0 Å². The van der Waals surface area contributed by atoms with Crippen LogP contribution in [0, 0.1) is 11.3 Å². The minimum Gasteiger partial charge on any atom is -0.326 e. The third-order valence-electron chi connectivity index (χ3n) is 1.90. The van der Waals surface area contributed by atoms with Crippen LogP contribution in [-0.2, 0) is 4.79 Å². The van der Waals surface area contributed by atoms with Crippen molar-refractivity contribution in [3.05, 3.63) is 0 Å². The molecule has 1 unspecified atom stereocenters. The second kappa shape index (κ2) is 4.96. The van der Waals surface area contributed by atoms with Crippen LogP contribution in [0.5, 0.6) is 0 Å². The summed E-state index contributed by atoms with van der Waals surface area (Å²) in [4.78, 5) is 12.6. The number of nitriles is 1. The normalized spacial score (nSPS) is 21.3. The van der Waals surface area contributed by atoms with Gasteiger partial charge in [-0.15, -0.1) is 12.4 Å². The van der Waals surface area contributed by atoms with Gasteiger partial charge in [0.05, 0.1) is 12.6 Å². The minimum absolute atomic E-state index is 0. The number of amides is 1. The molecule has 12 heavy (non-hydrogen) atoms. The Morgan fingerprint density at radius 3 is 2.92 bits per heavy atom. The van der Waals surface area contributed by atoms with Gasteiger partial charge in [0.1, 0.15) is 6.04 Å². The summed E-state index contributed by atoms with van der Waals surface area (Å²) in [5.41, 5.74) is 5.17.